The van der Waals surface area contributed by atoms with Gasteiger partial charge in [-0.1, -0.05) is 18.3 Å². The first-order chi connectivity index (χ1) is 8.20. The fourth-order valence-corrected chi connectivity index (χ4v) is 1.89. The maximum absolute atomic E-state index is 11.7. The fourth-order valence-electron chi connectivity index (χ4n) is 1.21. The third-order valence-electron chi connectivity index (χ3n) is 2.05. The quantitative estimate of drug-likeness (QED) is 0.650. The van der Waals surface area contributed by atoms with Crippen LogP contribution in [0.25, 0.3) is 0 Å². The monoisotopic (exact) mass is 250 g/mol. The molecule has 1 amide bonds. The number of hydrogen-bond donors (Lipinski definition) is 1. The van der Waals surface area contributed by atoms with Crippen LogP contribution in [0.5, 0.6) is 0 Å². The molecule has 0 aliphatic carbocycles. The molecule has 0 spiro atoms. The summed E-state index contributed by atoms with van der Waals surface area (Å²) in [5, 5.41) is 22.8. The Hall–Kier alpha value is -2.02. The van der Waals surface area contributed by atoms with Crippen molar-refractivity contribution in [3.05, 3.63) is 40.3 Å². The van der Waals surface area contributed by atoms with E-state index in [1.165, 1.54) is 23.6 Å². The molecule has 0 aliphatic rings. The zero-order valence-electron chi connectivity index (χ0n) is 9.08. The molecule has 0 saturated carbocycles. The Bertz CT molecular complexity index is 541. The number of nitrogens with zero attached hydrogens (tertiary/aromatic N) is 3. The van der Waals surface area contributed by atoms with E-state index in [-0.39, 0.29) is 5.69 Å². The Labute approximate surface area is 102 Å². The number of pyridine rings is 1. The number of carbonyl (C=O) groups excluding carboxylic acids is 1. The molecular weight excluding hydrogens is 240 g/mol. The first kappa shape index (κ1) is 11.5. The van der Waals surface area contributed by atoms with Crippen molar-refractivity contribution in [1.29, 1.82) is 0 Å². The number of amides is 1. The first-order valence-corrected chi connectivity index (χ1v) is 5.84. The summed E-state index contributed by atoms with van der Waals surface area (Å²) in [6.45, 7) is 1.95. The molecule has 0 aromatic carbocycles. The highest BCUT2D eigenvalue weighted by Gasteiger charge is 2.16. The predicted octanol–water partition coefficient (Wildman–Crippen LogP) is 0.986. The van der Waals surface area contributed by atoms with Gasteiger partial charge in [-0.05, 0) is 12.5 Å². The van der Waals surface area contributed by atoms with Crippen LogP contribution in [0.15, 0.2) is 24.4 Å². The molecular formula is C10H10N4O2S. The molecule has 2 aromatic rings. The van der Waals surface area contributed by atoms with Gasteiger partial charge in [-0.3, -0.25) is 10.1 Å². The van der Waals surface area contributed by atoms with Crippen molar-refractivity contribution in [3.63, 3.8) is 0 Å². The van der Waals surface area contributed by atoms with E-state index in [4.69, 9.17) is 0 Å². The lowest BCUT2D eigenvalue weighted by Gasteiger charge is -2.02. The van der Waals surface area contributed by atoms with Gasteiger partial charge in [-0.25, -0.2) is 0 Å². The minimum atomic E-state index is -0.487. The Morgan fingerprint density at radius 3 is 3.00 bits per heavy atom. The van der Waals surface area contributed by atoms with Crippen LogP contribution in [-0.2, 0) is 6.42 Å². The lowest BCUT2D eigenvalue weighted by molar-refractivity contribution is -0.607. The van der Waals surface area contributed by atoms with E-state index in [0.29, 0.717) is 9.86 Å². The second-order valence-electron chi connectivity index (χ2n) is 3.22. The smallest absolute Gasteiger partial charge is 0.323 e. The maximum atomic E-state index is 11.7. The maximum Gasteiger partial charge on any atom is 0.323 e. The van der Waals surface area contributed by atoms with Crippen LogP contribution in [0.2, 0.25) is 0 Å². The van der Waals surface area contributed by atoms with Crippen LogP contribution in [0.3, 0.4) is 0 Å². The third-order valence-corrected chi connectivity index (χ3v) is 3.03. The summed E-state index contributed by atoms with van der Waals surface area (Å²) in [5.74, 6) is -0.487. The van der Waals surface area contributed by atoms with Gasteiger partial charge in [0.2, 0.25) is 5.13 Å². The average molecular weight is 250 g/mol. The Kier molecular flexibility index (Phi) is 3.29. The van der Waals surface area contributed by atoms with Crippen molar-refractivity contribution in [1.82, 2.24) is 10.2 Å². The van der Waals surface area contributed by atoms with Crippen molar-refractivity contribution in [2.45, 2.75) is 13.3 Å². The summed E-state index contributed by atoms with van der Waals surface area (Å²) in [7, 11) is 0. The summed E-state index contributed by atoms with van der Waals surface area (Å²) < 4.78 is 0.511. The first-order valence-electron chi connectivity index (χ1n) is 5.02. The average Bonchev–Trinajstić information content (AvgIpc) is 2.77. The van der Waals surface area contributed by atoms with Crippen LogP contribution >= 0.6 is 11.3 Å². The van der Waals surface area contributed by atoms with E-state index in [1.807, 2.05) is 6.92 Å². The summed E-state index contributed by atoms with van der Waals surface area (Å²) in [5.41, 5.74) is 0.0285. The number of aryl methyl sites for hydroxylation is 1. The Morgan fingerprint density at radius 2 is 2.35 bits per heavy atom. The molecule has 6 nitrogen and oxygen atoms in total. The van der Waals surface area contributed by atoms with Crippen LogP contribution in [0.1, 0.15) is 22.4 Å². The number of nitrogens with one attached hydrogen (secondary N) is 1. The van der Waals surface area contributed by atoms with Crippen molar-refractivity contribution in [2.24, 2.45) is 0 Å². The number of carbonyl (C=O) groups is 1. The zero-order valence-corrected chi connectivity index (χ0v) is 9.90. The van der Waals surface area contributed by atoms with Crippen LogP contribution in [0, 0.1) is 5.21 Å². The van der Waals surface area contributed by atoms with Gasteiger partial charge in [0, 0.05) is 12.1 Å². The second-order valence-corrected chi connectivity index (χ2v) is 4.28. The fraction of sp³-hybridized carbons (Fsp3) is 0.200. The SMILES string of the molecule is CCc1nnc(NC(=O)c2cccc[n+]2[O-])s1. The van der Waals surface area contributed by atoms with Crippen LogP contribution in [-0.4, -0.2) is 16.1 Å². The van der Waals surface area contributed by atoms with Gasteiger partial charge < -0.3 is 5.21 Å². The minimum absolute atomic E-state index is 0.0285. The topological polar surface area (TPSA) is 81.8 Å². The molecule has 0 atom stereocenters. The number of hydrogen-bond acceptors (Lipinski definition) is 5. The lowest BCUT2D eigenvalue weighted by Crippen LogP contribution is -2.36. The number of rotatable bonds is 3. The predicted molar refractivity (Wildman–Crippen MR) is 62.6 cm³/mol. The molecule has 2 aromatic heterocycles. The zero-order chi connectivity index (χ0) is 12.3. The van der Waals surface area contributed by atoms with Gasteiger partial charge in [-0.2, -0.15) is 4.73 Å². The highest BCUT2D eigenvalue weighted by atomic mass is 32.1. The molecule has 17 heavy (non-hydrogen) atoms. The summed E-state index contributed by atoms with van der Waals surface area (Å²) >= 11 is 1.30. The van der Waals surface area contributed by atoms with Gasteiger partial charge in [0.15, 0.2) is 6.20 Å². The molecule has 2 heterocycles. The molecule has 7 heteroatoms. The molecule has 0 unspecified atom stereocenters. The molecule has 1 N–H and O–H groups in total. The Balaban J connectivity index is 2.14. The van der Waals surface area contributed by atoms with Crippen molar-refractivity contribution in [2.75, 3.05) is 5.32 Å². The van der Waals surface area contributed by atoms with Gasteiger partial charge >= 0.3 is 5.91 Å². The lowest BCUT2D eigenvalue weighted by atomic mass is 10.3. The van der Waals surface area contributed by atoms with Crippen LogP contribution in [0.4, 0.5) is 5.13 Å². The molecule has 0 aliphatic heterocycles. The van der Waals surface area contributed by atoms with Gasteiger partial charge in [0.25, 0.3) is 5.69 Å². The van der Waals surface area contributed by atoms with E-state index < -0.39 is 5.91 Å². The summed E-state index contributed by atoms with van der Waals surface area (Å²) in [6.07, 6.45) is 2.03. The summed E-state index contributed by atoms with van der Waals surface area (Å²) in [4.78, 5) is 11.7. The number of aromatic nitrogens is 3. The van der Waals surface area contributed by atoms with E-state index in [9.17, 15) is 10.0 Å². The molecule has 0 radical (unpaired) electrons. The van der Waals surface area contributed by atoms with Crippen molar-refractivity contribution < 1.29 is 9.52 Å². The van der Waals surface area contributed by atoms with E-state index >= 15 is 0 Å². The second kappa shape index (κ2) is 4.88. The highest BCUT2D eigenvalue weighted by Crippen LogP contribution is 2.15. The van der Waals surface area contributed by atoms with Gasteiger partial charge in [0.05, 0.1) is 0 Å². The molecule has 2 rings (SSSR count). The molecule has 0 bridgehead atoms. The van der Waals surface area contributed by atoms with Crippen molar-refractivity contribution >= 4 is 22.4 Å². The van der Waals surface area contributed by atoms with Gasteiger partial charge in [-0.15, -0.1) is 10.2 Å². The third kappa shape index (κ3) is 2.56. The molecule has 0 saturated heterocycles. The summed E-state index contributed by atoms with van der Waals surface area (Å²) in [6, 6.07) is 4.63. The van der Waals surface area contributed by atoms with E-state index in [2.05, 4.69) is 15.5 Å². The molecule has 0 fully saturated rings. The normalized spacial score (nSPS) is 10.2. The van der Waals surface area contributed by atoms with Crippen LogP contribution < -0.4 is 10.0 Å². The Morgan fingerprint density at radius 1 is 1.53 bits per heavy atom. The largest absolute Gasteiger partial charge is 0.618 e. The standard InChI is InChI=1S/C10H10N4O2S/c1-2-8-12-13-10(17-8)11-9(15)7-5-3-4-6-14(7)16/h3-6H,2H2,1H3,(H,11,13,15). The minimum Gasteiger partial charge on any atom is -0.618 e. The highest BCUT2D eigenvalue weighted by molar-refractivity contribution is 7.15. The molecule has 88 valence electrons. The van der Waals surface area contributed by atoms with E-state index in [0.717, 1.165) is 11.4 Å². The van der Waals surface area contributed by atoms with Crippen molar-refractivity contribution in [3.8, 4) is 0 Å². The van der Waals surface area contributed by atoms with Gasteiger partial charge in [0.1, 0.15) is 5.01 Å². The van der Waals surface area contributed by atoms with E-state index in [1.54, 1.807) is 12.1 Å². The number of anilines is 1.